The molecule has 0 saturated carbocycles. The number of nitrogens with zero attached hydrogens (tertiary/aromatic N) is 5. The summed E-state index contributed by atoms with van der Waals surface area (Å²) in [6.45, 7) is 42.9. The number of hydrogen-bond donors (Lipinski definition) is 0. The number of nitriles is 1. The van der Waals surface area contributed by atoms with Crippen molar-refractivity contribution in [2.45, 2.75) is 170 Å². The van der Waals surface area contributed by atoms with Crippen molar-refractivity contribution in [2.24, 2.45) is 0 Å². The second kappa shape index (κ2) is 27.5. The Morgan fingerprint density at radius 1 is 0.283 bits per heavy atom. The number of aromatic nitrogens is 2. The summed E-state index contributed by atoms with van der Waals surface area (Å²) >= 11 is 0. The molecular weight excluding hydrogens is 1370 g/mol. The second-order valence-corrected chi connectivity index (χ2v) is 38.4. The molecule has 6 heteroatoms. The molecule has 4 heterocycles. The van der Waals surface area contributed by atoms with E-state index in [-0.39, 0.29) is 39.2 Å². The maximum absolute atomic E-state index is 12.0. The molecule has 0 fully saturated rings. The Morgan fingerprint density at radius 3 is 0.814 bits per heavy atom. The van der Waals surface area contributed by atoms with E-state index in [0.29, 0.717) is 31.5 Å². The molecule has 0 spiro atoms. The van der Waals surface area contributed by atoms with Crippen molar-refractivity contribution in [1.82, 2.24) is 9.13 Å². The van der Waals surface area contributed by atoms with Gasteiger partial charge in [0.2, 0.25) is 0 Å². The van der Waals surface area contributed by atoms with Crippen molar-refractivity contribution in [2.75, 3.05) is 22.9 Å². The highest BCUT2D eigenvalue weighted by Crippen LogP contribution is 2.48. The number of anilines is 4. The highest BCUT2D eigenvalue weighted by atomic mass is 15.2. The minimum absolute atomic E-state index is 0.0603. The number of benzene rings is 13. The third-order valence-electron chi connectivity index (χ3n) is 24.6. The van der Waals surface area contributed by atoms with Crippen LogP contribution in [0.5, 0.6) is 0 Å². The SMILES string of the molecule is CC(C)(C)c1cc(-c2ccccc2)c(CCN2c3cc(-n4c5ccc(C(C)(C)C)cc5c5cc(C(C)(C)C)ccc54)ccc3B3c4ccc(-n5c6ccc(C(C)(C)C)cc6c6cc(C(C)(C)C)ccc65)cc4N(CCc4c(-c5ccccc5)cc(C(C)(C)C)cc4-c4ccccc4)c4cc(C#N)cc2c43)c(-c2ccccc2)c1. The first-order valence-corrected chi connectivity index (χ1v) is 41.0. The molecule has 13 aromatic carbocycles. The van der Waals surface area contributed by atoms with Gasteiger partial charge in [-0.15, -0.1) is 0 Å². The third-order valence-corrected chi connectivity index (χ3v) is 24.6. The van der Waals surface area contributed by atoms with Gasteiger partial charge in [-0.1, -0.05) is 307 Å². The highest BCUT2D eigenvalue weighted by Gasteiger charge is 2.44. The monoisotopic (exact) mass is 1470 g/mol. The fraction of sp³-hybridized carbons (Fsp3) is 0.262. The fourth-order valence-electron chi connectivity index (χ4n) is 18.1. The van der Waals surface area contributed by atoms with E-state index in [2.05, 4.69) is 417 Å². The largest absolute Gasteiger partial charge is 0.342 e. The lowest BCUT2D eigenvalue weighted by Gasteiger charge is -2.44. The highest BCUT2D eigenvalue weighted by molar-refractivity contribution is 7.00. The van der Waals surface area contributed by atoms with Crippen molar-refractivity contribution < 1.29 is 0 Å². The van der Waals surface area contributed by atoms with E-state index in [1.54, 1.807) is 0 Å². The smallest absolute Gasteiger partial charge is 0.252 e. The van der Waals surface area contributed by atoms with Gasteiger partial charge in [0.15, 0.2) is 0 Å². The van der Waals surface area contributed by atoms with Crippen LogP contribution in [0.2, 0.25) is 0 Å². The van der Waals surface area contributed by atoms with Gasteiger partial charge in [0.1, 0.15) is 0 Å². The zero-order valence-corrected chi connectivity index (χ0v) is 69.5. The zero-order valence-electron chi connectivity index (χ0n) is 69.5. The van der Waals surface area contributed by atoms with Gasteiger partial charge in [0, 0.05) is 68.8 Å². The van der Waals surface area contributed by atoms with Crippen LogP contribution in [0.25, 0.3) is 99.5 Å². The summed E-state index contributed by atoms with van der Waals surface area (Å²) in [5.74, 6) is 0. The molecule has 562 valence electrons. The van der Waals surface area contributed by atoms with Crippen molar-refractivity contribution in [3.05, 3.63) is 317 Å². The van der Waals surface area contributed by atoms with Gasteiger partial charge in [0.05, 0.1) is 33.7 Å². The van der Waals surface area contributed by atoms with Crippen LogP contribution in [-0.2, 0) is 45.3 Å². The van der Waals surface area contributed by atoms with E-state index in [1.807, 2.05) is 0 Å². The summed E-state index contributed by atoms with van der Waals surface area (Å²) in [5, 5.41) is 17.0. The molecule has 0 atom stereocenters. The van der Waals surface area contributed by atoms with Crippen molar-refractivity contribution in [1.29, 1.82) is 5.26 Å². The van der Waals surface area contributed by atoms with Crippen molar-refractivity contribution in [3.8, 4) is 62.0 Å². The van der Waals surface area contributed by atoms with Crippen LogP contribution in [0.1, 0.15) is 175 Å². The predicted octanol–water partition coefficient (Wildman–Crippen LogP) is 26.1. The van der Waals surface area contributed by atoms with Gasteiger partial charge < -0.3 is 18.9 Å². The molecule has 0 unspecified atom stereocenters. The molecule has 0 N–H and O–H groups in total. The molecule has 0 amide bonds. The Labute approximate surface area is 671 Å². The van der Waals surface area contributed by atoms with Crippen LogP contribution < -0.4 is 26.2 Å². The first-order chi connectivity index (χ1) is 53.8. The maximum Gasteiger partial charge on any atom is 0.252 e. The normalized spacial score (nSPS) is 13.3. The van der Waals surface area contributed by atoms with Crippen LogP contribution in [0.3, 0.4) is 0 Å². The van der Waals surface area contributed by atoms with E-state index < -0.39 is 0 Å². The fourth-order valence-corrected chi connectivity index (χ4v) is 18.1. The molecule has 2 aromatic heterocycles. The Kier molecular flexibility index (Phi) is 18.1. The van der Waals surface area contributed by atoms with E-state index in [1.165, 1.54) is 149 Å². The minimum atomic E-state index is -0.228. The molecule has 113 heavy (non-hydrogen) atoms. The average Bonchev–Trinajstić information content (AvgIpc) is 0.879. The van der Waals surface area contributed by atoms with Crippen LogP contribution in [0.4, 0.5) is 22.7 Å². The Balaban J connectivity index is 0.947. The summed E-state index contributed by atoms with van der Waals surface area (Å²) in [5.41, 5.74) is 35.3. The molecular formula is C107H106BN5. The molecule has 5 nitrogen and oxygen atoms in total. The lowest BCUT2D eigenvalue weighted by Crippen LogP contribution is -2.62. The number of fused-ring (bicyclic) bond motifs is 10. The Bertz CT molecular complexity index is 5660. The van der Waals surface area contributed by atoms with Crippen LogP contribution >= 0.6 is 0 Å². The van der Waals surface area contributed by atoms with Gasteiger partial charge in [-0.05, 0) is 236 Å². The Morgan fingerprint density at radius 2 is 0.558 bits per heavy atom. The molecule has 2 aliphatic rings. The van der Waals surface area contributed by atoms with Gasteiger partial charge >= 0.3 is 0 Å². The van der Waals surface area contributed by atoms with Gasteiger partial charge in [-0.25, -0.2) is 0 Å². The van der Waals surface area contributed by atoms with Gasteiger partial charge in [-0.2, -0.15) is 5.26 Å². The standard InChI is InChI=1S/C107H106BN5/c1-102(2,3)73-39-47-93-87(57-73)88-58-74(103(4,5)6)40-48-94(88)112(93)79-43-45-91-97(65-79)110(53-51-81-83(69-31-23-19-24-32-69)61-77(106(13,14)15)62-84(81)70-33-25-20-26-34-70)99-55-68(67-109)56-100-101(99)108(91)92-46-44-80(113-95-49-41-75(104(7,8)9)59-89(95)90-60-76(105(10,11)12)42-50-96(90)113)66-98(92)111(100)54-52-82-85(71-35-27-21-28-36-71)63-78(107(16,17)18)64-86(82)72-37-29-22-30-38-72/h19-50,55-66H,51-54H2,1-18H3. The van der Waals surface area contributed by atoms with Crippen molar-refractivity contribution >= 4 is 89.5 Å². The molecule has 0 bridgehead atoms. The van der Waals surface area contributed by atoms with Gasteiger partial charge in [-0.3, -0.25) is 0 Å². The third kappa shape index (κ3) is 13.4. The summed E-state index contributed by atoms with van der Waals surface area (Å²) < 4.78 is 5.07. The minimum Gasteiger partial charge on any atom is -0.342 e. The summed E-state index contributed by atoms with van der Waals surface area (Å²) in [6.07, 6.45) is 1.40. The summed E-state index contributed by atoms with van der Waals surface area (Å²) in [6, 6.07) is 105. The quantitative estimate of drug-likeness (QED) is 0.114. The molecule has 0 saturated heterocycles. The van der Waals surface area contributed by atoms with E-state index in [0.717, 1.165) is 34.1 Å². The van der Waals surface area contributed by atoms with Crippen LogP contribution in [-0.4, -0.2) is 28.9 Å². The molecule has 0 aliphatic carbocycles. The predicted molar refractivity (Wildman–Crippen MR) is 486 cm³/mol. The molecule has 2 aliphatic heterocycles. The molecule has 17 rings (SSSR count). The van der Waals surface area contributed by atoms with E-state index in [4.69, 9.17) is 0 Å². The number of hydrogen-bond acceptors (Lipinski definition) is 3. The number of rotatable bonds is 12. The summed E-state index contributed by atoms with van der Waals surface area (Å²) in [4.78, 5) is 5.28. The summed E-state index contributed by atoms with van der Waals surface area (Å²) in [7, 11) is 0. The first kappa shape index (κ1) is 74.4. The van der Waals surface area contributed by atoms with Crippen LogP contribution in [0, 0.1) is 11.3 Å². The maximum atomic E-state index is 12.0. The van der Waals surface area contributed by atoms with E-state index >= 15 is 0 Å². The zero-order chi connectivity index (χ0) is 79.2. The van der Waals surface area contributed by atoms with Crippen molar-refractivity contribution in [3.63, 3.8) is 0 Å². The lowest BCUT2D eigenvalue weighted by atomic mass is 9.33. The van der Waals surface area contributed by atoms with Crippen LogP contribution in [0.15, 0.2) is 267 Å². The lowest BCUT2D eigenvalue weighted by molar-refractivity contribution is 0.590. The Hall–Kier alpha value is -11.4. The molecule has 0 radical (unpaired) electrons. The average molecular weight is 1470 g/mol. The topological polar surface area (TPSA) is 40.1 Å². The first-order valence-electron chi connectivity index (χ1n) is 41.0. The second-order valence-electron chi connectivity index (χ2n) is 38.4. The van der Waals surface area contributed by atoms with Gasteiger partial charge in [0.25, 0.3) is 6.71 Å². The molecule has 15 aromatic rings. The van der Waals surface area contributed by atoms with E-state index in [9.17, 15) is 5.26 Å².